The fraction of sp³-hybridized carbons (Fsp3) is 0.875. The Kier molecular flexibility index (Phi) is 5.53. The van der Waals surface area contributed by atoms with Crippen molar-refractivity contribution in [3.05, 3.63) is 0 Å². The van der Waals surface area contributed by atoms with Gasteiger partial charge < -0.3 is 11.1 Å². The summed E-state index contributed by atoms with van der Waals surface area (Å²) in [4.78, 5) is 11.1. The molecule has 0 aromatic rings. The fourth-order valence-corrected chi connectivity index (χ4v) is 0.808. The number of alkyl halides is 2. The Hall–Kier alpha value is -0.710. The first-order valence-corrected chi connectivity index (χ1v) is 4.30. The van der Waals surface area contributed by atoms with Gasteiger partial charge in [0.1, 0.15) is 0 Å². The predicted octanol–water partition coefficient (Wildman–Crippen LogP) is 0.741. The number of nitrogens with one attached hydrogen (secondary N) is 1. The molecule has 1 amide bonds. The molecule has 0 aromatic heterocycles. The van der Waals surface area contributed by atoms with Crippen LogP contribution >= 0.6 is 0 Å². The number of halogens is 2. The second-order valence-electron chi connectivity index (χ2n) is 3.05. The van der Waals surface area contributed by atoms with Crippen LogP contribution in [0.4, 0.5) is 8.78 Å². The van der Waals surface area contributed by atoms with Crippen LogP contribution in [0.1, 0.15) is 20.3 Å². The zero-order chi connectivity index (χ0) is 10.4. The maximum atomic E-state index is 11.7. The van der Waals surface area contributed by atoms with E-state index >= 15 is 0 Å². The molecule has 5 heteroatoms. The molecular weight excluding hydrogens is 178 g/mol. The molecule has 0 rings (SSSR count). The molecule has 0 saturated heterocycles. The molecule has 0 bridgehead atoms. The van der Waals surface area contributed by atoms with Gasteiger partial charge in [0.15, 0.2) is 0 Å². The summed E-state index contributed by atoms with van der Waals surface area (Å²) in [6.45, 7) is 3.08. The van der Waals surface area contributed by atoms with Crippen LogP contribution < -0.4 is 11.1 Å². The van der Waals surface area contributed by atoms with E-state index in [1.807, 2.05) is 13.8 Å². The zero-order valence-electron chi connectivity index (χ0n) is 7.89. The van der Waals surface area contributed by atoms with Crippen LogP contribution in [0.25, 0.3) is 0 Å². The van der Waals surface area contributed by atoms with Crippen molar-refractivity contribution < 1.29 is 13.6 Å². The summed E-state index contributed by atoms with van der Waals surface area (Å²) in [5.74, 6) is -0.493. The lowest BCUT2D eigenvalue weighted by Gasteiger charge is -2.17. The molecule has 0 radical (unpaired) electrons. The Bertz CT molecular complexity index is 164. The molecule has 0 aliphatic rings. The molecule has 0 aromatic carbocycles. The molecule has 0 aliphatic carbocycles. The quantitative estimate of drug-likeness (QED) is 0.678. The van der Waals surface area contributed by atoms with Gasteiger partial charge in [-0.2, -0.15) is 0 Å². The van der Waals surface area contributed by atoms with Crippen LogP contribution in [0.5, 0.6) is 0 Å². The van der Waals surface area contributed by atoms with Gasteiger partial charge in [-0.25, -0.2) is 8.78 Å². The first-order valence-electron chi connectivity index (χ1n) is 4.30. The van der Waals surface area contributed by atoms with E-state index in [0.717, 1.165) is 6.42 Å². The highest BCUT2D eigenvalue weighted by Gasteiger charge is 2.19. The Labute approximate surface area is 76.7 Å². The van der Waals surface area contributed by atoms with Crippen LogP contribution in [0, 0.1) is 5.92 Å². The van der Waals surface area contributed by atoms with Crippen LogP contribution in [0.15, 0.2) is 0 Å². The Morgan fingerprint density at radius 1 is 1.54 bits per heavy atom. The average molecular weight is 194 g/mol. The van der Waals surface area contributed by atoms with Crippen molar-refractivity contribution in [3.63, 3.8) is 0 Å². The SMILES string of the molecule is CCC(C)[C@H](N)C(=O)NCC(F)F. The fourth-order valence-electron chi connectivity index (χ4n) is 0.808. The first-order chi connectivity index (χ1) is 5.99. The smallest absolute Gasteiger partial charge is 0.255 e. The third kappa shape index (κ3) is 4.77. The summed E-state index contributed by atoms with van der Waals surface area (Å²) in [5.41, 5.74) is 5.50. The van der Waals surface area contributed by atoms with Gasteiger partial charge in [0, 0.05) is 0 Å². The third-order valence-corrected chi connectivity index (χ3v) is 1.99. The standard InChI is InChI=1S/C8H16F2N2O/c1-3-5(2)7(11)8(13)12-4-6(9)10/h5-7H,3-4,11H2,1-2H3,(H,12,13)/t5?,7-/m0/s1. The Morgan fingerprint density at radius 3 is 2.46 bits per heavy atom. The lowest BCUT2D eigenvalue weighted by molar-refractivity contribution is -0.124. The molecule has 0 saturated carbocycles. The number of amides is 1. The van der Waals surface area contributed by atoms with E-state index < -0.39 is 24.9 Å². The van der Waals surface area contributed by atoms with Gasteiger partial charge in [0.25, 0.3) is 6.43 Å². The highest BCUT2D eigenvalue weighted by atomic mass is 19.3. The number of carbonyl (C=O) groups is 1. The average Bonchev–Trinajstić information content (AvgIpc) is 2.11. The van der Waals surface area contributed by atoms with Crippen molar-refractivity contribution in [3.8, 4) is 0 Å². The lowest BCUT2D eigenvalue weighted by atomic mass is 9.99. The molecule has 0 aliphatic heterocycles. The van der Waals surface area contributed by atoms with E-state index in [1.54, 1.807) is 0 Å². The zero-order valence-corrected chi connectivity index (χ0v) is 7.89. The third-order valence-electron chi connectivity index (χ3n) is 1.99. The highest BCUT2D eigenvalue weighted by molar-refractivity contribution is 5.81. The molecule has 78 valence electrons. The molecule has 0 spiro atoms. The minimum absolute atomic E-state index is 0.0117. The normalized spacial score (nSPS) is 15.5. The van der Waals surface area contributed by atoms with Gasteiger partial charge in [-0.15, -0.1) is 0 Å². The summed E-state index contributed by atoms with van der Waals surface area (Å²) in [6.07, 6.45) is -1.77. The molecule has 13 heavy (non-hydrogen) atoms. The van der Waals surface area contributed by atoms with E-state index in [9.17, 15) is 13.6 Å². The molecule has 2 atom stereocenters. The Morgan fingerprint density at radius 2 is 2.08 bits per heavy atom. The molecule has 0 heterocycles. The van der Waals surface area contributed by atoms with Gasteiger partial charge in [-0.1, -0.05) is 20.3 Å². The van der Waals surface area contributed by atoms with Gasteiger partial charge in [0.2, 0.25) is 5.91 Å². The van der Waals surface area contributed by atoms with Crippen molar-refractivity contribution in [2.24, 2.45) is 11.7 Å². The topological polar surface area (TPSA) is 55.1 Å². The number of hydrogen-bond donors (Lipinski definition) is 2. The van der Waals surface area contributed by atoms with Crippen LogP contribution in [-0.2, 0) is 4.79 Å². The highest BCUT2D eigenvalue weighted by Crippen LogP contribution is 2.04. The van der Waals surface area contributed by atoms with Gasteiger partial charge in [-0.3, -0.25) is 4.79 Å². The minimum Gasteiger partial charge on any atom is -0.349 e. The van der Waals surface area contributed by atoms with Gasteiger partial charge >= 0.3 is 0 Å². The van der Waals surface area contributed by atoms with Crippen LogP contribution in [0.3, 0.4) is 0 Å². The molecule has 1 unspecified atom stereocenters. The molecule has 0 fully saturated rings. The van der Waals surface area contributed by atoms with Crippen molar-refractivity contribution in [2.75, 3.05) is 6.54 Å². The lowest BCUT2D eigenvalue weighted by Crippen LogP contribution is -2.45. The summed E-state index contributed by atoms with van der Waals surface area (Å²) in [5, 5.41) is 2.08. The van der Waals surface area contributed by atoms with Crippen LogP contribution in [0.2, 0.25) is 0 Å². The van der Waals surface area contributed by atoms with E-state index in [4.69, 9.17) is 5.73 Å². The monoisotopic (exact) mass is 194 g/mol. The van der Waals surface area contributed by atoms with Crippen molar-refractivity contribution >= 4 is 5.91 Å². The van der Waals surface area contributed by atoms with E-state index in [1.165, 1.54) is 0 Å². The minimum atomic E-state index is -2.52. The summed E-state index contributed by atoms with van der Waals surface area (Å²) in [6, 6.07) is -0.691. The maximum absolute atomic E-state index is 11.7. The number of carbonyl (C=O) groups excluding carboxylic acids is 1. The van der Waals surface area contributed by atoms with E-state index in [0.29, 0.717) is 0 Å². The maximum Gasteiger partial charge on any atom is 0.255 e. The number of nitrogens with two attached hydrogens (primary N) is 1. The van der Waals surface area contributed by atoms with Gasteiger partial charge in [0.05, 0.1) is 12.6 Å². The predicted molar refractivity (Wildman–Crippen MR) is 46.4 cm³/mol. The van der Waals surface area contributed by atoms with Crippen molar-refractivity contribution in [1.82, 2.24) is 5.32 Å². The summed E-state index contributed by atoms with van der Waals surface area (Å²) < 4.78 is 23.4. The largest absolute Gasteiger partial charge is 0.349 e. The summed E-state index contributed by atoms with van der Waals surface area (Å²) >= 11 is 0. The first kappa shape index (κ1) is 12.3. The Balaban J connectivity index is 3.82. The van der Waals surface area contributed by atoms with Crippen LogP contribution in [-0.4, -0.2) is 24.9 Å². The number of rotatable bonds is 5. The van der Waals surface area contributed by atoms with Crippen molar-refractivity contribution in [2.45, 2.75) is 32.7 Å². The number of hydrogen-bond acceptors (Lipinski definition) is 2. The second kappa shape index (κ2) is 5.85. The second-order valence-corrected chi connectivity index (χ2v) is 3.05. The van der Waals surface area contributed by atoms with Gasteiger partial charge in [-0.05, 0) is 5.92 Å². The molecular formula is C8H16F2N2O. The summed E-state index contributed by atoms with van der Waals surface area (Å²) in [7, 11) is 0. The molecule has 3 nitrogen and oxygen atoms in total. The molecule has 3 N–H and O–H groups in total. The van der Waals surface area contributed by atoms with Crippen molar-refractivity contribution in [1.29, 1.82) is 0 Å². The van der Waals surface area contributed by atoms with E-state index in [-0.39, 0.29) is 5.92 Å². The van der Waals surface area contributed by atoms with E-state index in [2.05, 4.69) is 5.32 Å².